The van der Waals surface area contributed by atoms with Gasteiger partial charge in [-0.1, -0.05) is 0 Å². The van der Waals surface area contributed by atoms with Gasteiger partial charge in [-0.2, -0.15) is 4.31 Å². The Balaban J connectivity index is 0.00000312. The van der Waals surface area contributed by atoms with E-state index in [0.717, 1.165) is 6.07 Å². The summed E-state index contributed by atoms with van der Waals surface area (Å²) < 4.78 is 36.7. The molecule has 0 bridgehead atoms. The molecule has 0 amide bonds. The van der Waals surface area contributed by atoms with Crippen LogP contribution in [0.5, 0.6) is 0 Å². The van der Waals surface area contributed by atoms with Crippen LogP contribution in [0.15, 0.2) is 23.1 Å². The SMILES string of the molecule is COC(=O)c1ccc(C(=O)OC)c(S(=O)(=O)N2CCNCC2C)c1.Cl. The summed E-state index contributed by atoms with van der Waals surface area (Å²) in [5.41, 5.74) is -0.0672. The molecule has 8 nitrogen and oxygen atoms in total. The molecule has 1 aliphatic rings. The van der Waals surface area contributed by atoms with Crippen LogP contribution < -0.4 is 5.32 Å². The van der Waals surface area contributed by atoms with Crippen molar-refractivity contribution in [1.82, 2.24) is 9.62 Å². The molecule has 140 valence electrons. The quantitative estimate of drug-likeness (QED) is 0.751. The van der Waals surface area contributed by atoms with Crippen LogP contribution in [0.3, 0.4) is 0 Å². The van der Waals surface area contributed by atoms with Gasteiger partial charge >= 0.3 is 11.9 Å². The van der Waals surface area contributed by atoms with Crippen molar-refractivity contribution in [3.8, 4) is 0 Å². The second kappa shape index (κ2) is 8.61. The monoisotopic (exact) mass is 392 g/mol. The van der Waals surface area contributed by atoms with E-state index in [1.165, 1.54) is 30.7 Å². The summed E-state index contributed by atoms with van der Waals surface area (Å²) in [6, 6.07) is 3.47. The molecule has 1 aromatic carbocycles. The average molecular weight is 393 g/mol. The van der Waals surface area contributed by atoms with Gasteiger partial charge in [0.25, 0.3) is 0 Å². The first-order valence-electron chi connectivity index (χ1n) is 7.36. The molecule has 1 fully saturated rings. The maximum atomic E-state index is 13.0. The summed E-state index contributed by atoms with van der Waals surface area (Å²) in [6.07, 6.45) is 0. The molecule has 1 aromatic rings. The van der Waals surface area contributed by atoms with Gasteiger partial charge in [0.15, 0.2) is 0 Å². The molecule has 1 saturated heterocycles. The third kappa shape index (κ3) is 4.30. The molecule has 1 heterocycles. The zero-order valence-electron chi connectivity index (χ0n) is 14.1. The predicted octanol–water partition coefficient (Wildman–Crippen LogP) is 0.664. The lowest BCUT2D eigenvalue weighted by molar-refractivity contribution is 0.0583. The highest BCUT2D eigenvalue weighted by Gasteiger charge is 2.34. The molecule has 1 atom stereocenters. The normalized spacial score (nSPS) is 18.1. The Labute approximate surface area is 152 Å². The summed E-state index contributed by atoms with van der Waals surface area (Å²) in [7, 11) is -1.61. The van der Waals surface area contributed by atoms with Crippen molar-refractivity contribution in [2.75, 3.05) is 33.9 Å². The molecule has 0 aromatic heterocycles. The smallest absolute Gasteiger partial charge is 0.339 e. The molecular formula is C15H21ClN2O6S. The van der Waals surface area contributed by atoms with E-state index in [1.807, 2.05) is 0 Å². The number of nitrogens with zero attached hydrogens (tertiary/aromatic N) is 1. The number of carbonyl (C=O) groups is 2. The number of nitrogens with one attached hydrogen (secondary N) is 1. The number of sulfonamides is 1. The van der Waals surface area contributed by atoms with Crippen molar-refractivity contribution in [2.45, 2.75) is 17.9 Å². The van der Waals surface area contributed by atoms with E-state index in [4.69, 9.17) is 0 Å². The van der Waals surface area contributed by atoms with Crippen LogP contribution in [0.1, 0.15) is 27.6 Å². The number of ether oxygens (including phenoxy) is 2. The fourth-order valence-corrected chi connectivity index (χ4v) is 4.40. The summed E-state index contributed by atoms with van der Waals surface area (Å²) in [5.74, 6) is -1.47. The zero-order valence-corrected chi connectivity index (χ0v) is 15.8. The molecule has 0 spiro atoms. The van der Waals surface area contributed by atoms with Crippen molar-refractivity contribution in [2.24, 2.45) is 0 Å². The molecule has 1 aliphatic heterocycles. The second-order valence-electron chi connectivity index (χ2n) is 5.36. The van der Waals surface area contributed by atoms with Gasteiger partial charge < -0.3 is 14.8 Å². The lowest BCUT2D eigenvalue weighted by atomic mass is 10.1. The van der Waals surface area contributed by atoms with Crippen LogP contribution in [-0.2, 0) is 19.5 Å². The highest BCUT2D eigenvalue weighted by atomic mass is 35.5. The molecule has 0 saturated carbocycles. The van der Waals surface area contributed by atoms with E-state index < -0.39 is 22.0 Å². The van der Waals surface area contributed by atoms with Crippen molar-refractivity contribution >= 4 is 34.4 Å². The molecule has 10 heteroatoms. The standard InChI is InChI=1S/C15H20N2O6S.ClH/c1-10-9-16-6-7-17(10)24(20,21)13-8-11(14(18)22-2)4-5-12(13)15(19)23-3;/h4-5,8,10,16H,6-7,9H2,1-3H3;1H. The van der Waals surface area contributed by atoms with Gasteiger partial charge in [-0.05, 0) is 25.1 Å². The summed E-state index contributed by atoms with van der Waals surface area (Å²) in [6.45, 7) is 3.05. The van der Waals surface area contributed by atoms with E-state index in [-0.39, 0.29) is 41.0 Å². The fourth-order valence-electron chi connectivity index (χ4n) is 2.56. The first kappa shape index (κ1) is 21.4. The molecule has 2 rings (SSSR count). The van der Waals surface area contributed by atoms with Gasteiger partial charge in [-0.15, -0.1) is 12.4 Å². The van der Waals surface area contributed by atoms with Crippen molar-refractivity contribution in [3.05, 3.63) is 29.3 Å². The third-order valence-electron chi connectivity index (χ3n) is 3.83. The fraction of sp³-hybridized carbons (Fsp3) is 0.467. The van der Waals surface area contributed by atoms with E-state index in [9.17, 15) is 18.0 Å². The summed E-state index contributed by atoms with van der Waals surface area (Å²) in [5, 5.41) is 3.10. The lowest BCUT2D eigenvalue weighted by Crippen LogP contribution is -2.52. The van der Waals surface area contributed by atoms with E-state index in [2.05, 4.69) is 14.8 Å². The Morgan fingerprint density at radius 2 is 1.84 bits per heavy atom. The van der Waals surface area contributed by atoms with Crippen LogP contribution in [0.25, 0.3) is 0 Å². The lowest BCUT2D eigenvalue weighted by Gasteiger charge is -2.33. The second-order valence-corrected chi connectivity index (χ2v) is 7.22. The highest BCUT2D eigenvalue weighted by Crippen LogP contribution is 2.25. The number of halogens is 1. The van der Waals surface area contributed by atoms with E-state index >= 15 is 0 Å². The molecule has 0 aliphatic carbocycles. The number of hydrogen-bond acceptors (Lipinski definition) is 7. The van der Waals surface area contributed by atoms with Gasteiger partial charge in [0.2, 0.25) is 10.0 Å². The van der Waals surface area contributed by atoms with Crippen LogP contribution >= 0.6 is 12.4 Å². The molecular weight excluding hydrogens is 372 g/mol. The van der Waals surface area contributed by atoms with Gasteiger partial charge in [0.05, 0.1) is 30.2 Å². The van der Waals surface area contributed by atoms with Crippen LogP contribution in [0, 0.1) is 0 Å². The van der Waals surface area contributed by atoms with Crippen molar-refractivity contribution < 1.29 is 27.5 Å². The first-order chi connectivity index (χ1) is 11.3. The maximum absolute atomic E-state index is 13.0. The van der Waals surface area contributed by atoms with Crippen molar-refractivity contribution in [1.29, 1.82) is 0 Å². The third-order valence-corrected chi connectivity index (χ3v) is 5.89. The number of carbonyl (C=O) groups excluding carboxylic acids is 2. The number of piperazine rings is 1. The maximum Gasteiger partial charge on any atom is 0.339 e. The molecule has 25 heavy (non-hydrogen) atoms. The van der Waals surface area contributed by atoms with Gasteiger partial charge in [0, 0.05) is 25.7 Å². The predicted molar refractivity (Wildman–Crippen MR) is 92.6 cm³/mol. The number of methoxy groups -OCH3 is 2. The first-order valence-corrected chi connectivity index (χ1v) is 8.80. The van der Waals surface area contributed by atoms with E-state index in [1.54, 1.807) is 6.92 Å². The number of rotatable bonds is 4. The van der Waals surface area contributed by atoms with Crippen LogP contribution in [-0.4, -0.2) is 64.6 Å². The summed E-state index contributed by atoms with van der Waals surface area (Å²) in [4.78, 5) is 23.4. The minimum atomic E-state index is -3.98. The minimum absolute atomic E-state index is 0. The highest BCUT2D eigenvalue weighted by molar-refractivity contribution is 7.89. The Bertz CT molecular complexity index is 752. The Hall–Kier alpha value is -1.68. The van der Waals surface area contributed by atoms with Crippen LogP contribution in [0.4, 0.5) is 0 Å². The van der Waals surface area contributed by atoms with Crippen LogP contribution in [0.2, 0.25) is 0 Å². The zero-order chi connectivity index (χ0) is 17.9. The van der Waals surface area contributed by atoms with Gasteiger partial charge in [-0.3, -0.25) is 0 Å². The number of hydrogen-bond donors (Lipinski definition) is 1. The minimum Gasteiger partial charge on any atom is -0.465 e. The number of esters is 2. The largest absolute Gasteiger partial charge is 0.465 e. The van der Waals surface area contributed by atoms with Gasteiger partial charge in [0.1, 0.15) is 0 Å². The Morgan fingerprint density at radius 1 is 1.20 bits per heavy atom. The number of benzene rings is 1. The molecule has 1 unspecified atom stereocenters. The topological polar surface area (TPSA) is 102 Å². The average Bonchev–Trinajstić information content (AvgIpc) is 2.60. The summed E-state index contributed by atoms with van der Waals surface area (Å²) >= 11 is 0. The van der Waals surface area contributed by atoms with Gasteiger partial charge in [-0.25, -0.2) is 18.0 Å². The van der Waals surface area contributed by atoms with E-state index in [0.29, 0.717) is 13.1 Å². The Kier molecular flexibility index (Phi) is 7.36. The molecule has 0 radical (unpaired) electrons. The molecule has 1 N–H and O–H groups in total. The Morgan fingerprint density at radius 3 is 2.40 bits per heavy atom. The van der Waals surface area contributed by atoms with Crippen molar-refractivity contribution in [3.63, 3.8) is 0 Å².